The van der Waals surface area contributed by atoms with Gasteiger partial charge in [0.05, 0.1) is 7.85 Å². The van der Waals surface area contributed by atoms with E-state index in [-0.39, 0.29) is 12.4 Å². The highest BCUT2D eigenvalue weighted by molar-refractivity contribution is 6.08. The largest absolute Gasteiger partial charge is 0.147 e. The second-order valence-electron chi connectivity index (χ2n) is 2.56. The minimum atomic E-state index is 0. The van der Waals surface area contributed by atoms with E-state index in [1.165, 1.54) is 38.5 Å². The third kappa shape index (κ3) is 11.2. The maximum atomic E-state index is 5.34. The van der Waals surface area contributed by atoms with Crippen LogP contribution in [-0.4, -0.2) is 7.85 Å². The van der Waals surface area contributed by atoms with Crippen molar-refractivity contribution in [2.24, 2.45) is 0 Å². The molecule has 0 saturated heterocycles. The van der Waals surface area contributed by atoms with Gasteiger partial charge in [-0.25, -0.2) is 0 Å². The molecule has 0 fully saturated rings. The summed E-state index contributed by atoms with van der Waals surface area (Å²) in [4.78, 5) is 0. The molecule has 0 aromatic rings. The molecule has 0 aliphatic rings. The molecular formula is C8H18BCl. The number of hydrogen-bond donors (Lipinski definition) is 0. The molecule has 60 valence electrons. The average molecular weight is 160 g/mol. The Morgan fingerprint density at radius 1 is 0.900 bits per heavy atom. The van der Waals surface area contributed by atoms with Gasteiger partial charge >= 0.3 is 0 Å². The highest BCUT2D eigenvalue weighted by Crippen LogP contribution is 2.05. The molecule has 0 heterocycles. The lowest BCUT2D eigenvalue weighted by molar-refractivity contribution is 0.624. The Bertz CT molecular complexity index is 42.5. The van der Waals surface area contributed by atoms with Gasteiger partial charge in [-0.3, -0.25) is 0 Å². The molecule has 0 aliphatic heterocycles. The molecule has 0 aromatic heterocycles. The lowest BCUT2D eigenvalue weighted by atomic mass is 9.98. The van der Waals surface area contributed by atoms with Gasteiger partial charge in [0.15, 0.2) is 0 Å². The molecule has 0 rings (SSSR count). The summed E-state index contributed by atoms with van der Waals surface area (Å²) in [7, 11) is 5.34. The van der Waals surface area contributed by atoms with Crippen molar-refractivity contribution in [3.05, 3.63) is 0 Å². The molecule has 0 bridgehead atoms. The van der Waals surface area contributed by atoms with Crippen LogP contribution in [0.25, 0.3) is 0 Å². The summed E-state index contributed by atoms with van der Waals surface area (Å²) in [5.74, 6) is 0. The van der Waals surface area contributed by atoms with Crippen LogP contribution < -0.4 is 0 Å². The summed E-state index contributed by atoms with van der Waals surface area (Å²) in [5.41, 5.74) is 0. The van der Waals surface area contributed by atoms with Crippen LogP contribution in [0.3, 0.4) is 0 Å². The zero-order valence-corrected chi connectivity index (χ0v) is 7.75. The molecule has 0 aromatic carbocycles. The zero-order valence-electron chi connectivity index (χ0n) is 6.94. The van der Waals surface area contributed by atoms with Crippen LogP contribution in [0.2, 0.25) is 6.32 Å². The van der Waals surface area contributed by atoms with Crippen LogP contribution in [0.1, 0.15) is 45.4 Å². The van der Waals surface area contributed by atoms with E-state index in [1.54, 1.807) is 0 Å². The molecule has 2 radical (unpaired) electrons. The van der Waals surface area contributed by atoms with E-state index < -0.39 is 0 Å². The molecule has 0 spiro atoms. The number of hydrogen-bond acceptors (Lipinski definition) is 0. The fraction of sp³-hybridized carbons (Fsp3) is 1.00. The summed E-state index contributed by atoms with van der Waals surface area (Å²) in [6, 6.07) is 0. The summed E-state index contributed by atoms with van der Waals surface area (Å²) in [5, 5.41) is 0. The van der Waals surface area contributed by atoms with Crippen LogP contribution in [-0.2, 0) is 0 Å². The van der Waals surface area contributed by atoms with Gasteiger partial charge in [-0.15, -0.1) is 12.4 Å². The van der Waals surface area contributed by atoms with Crippen LogP contribution in [0.5, 0.6) is 0 Å². The normalized spacial score (nSPS) is 8.90. The fourth-order valence-electron chi connectivity index (χ4n) is 0.925. The van der Waals surface area contributed by atoms with Crippen molar-refractivity contribution in [3.8, 4) is 0 Å². The first-order valence-corrected chi connectivity index (χ1v) is 4.12. The summed E-state index contributed by atoms with van der Waals surface area (Å²) in [6.07, 6.45) is 8.92. The van der Waals surface area contributed by atoms with Crippen molar-refractivity contribution >= 4 is 20.3 Å². The van der Waals surface area contributed by atoms with E-state index in [9.17, 15) is 0 Å². The molecule has 0 amide bonds. The quantitative estimate of drug-likeness (QED) is 0.413. The minimum Gasteiger partial charge on any atom is -0.147 e. The lowest BCUT2D eigenvalue weighted by Crippen LogP contribution is -1.77. The second-order valence-corrected chi connectivity index (χ2v) is 2.56. The highest BCUT2D eigenvalue weighted by Gasteiger charge is 1.85. The van der Waals surface area contributed by atoms with Crippen molar-refractivity contribution in [3.63, 3.8) is 0 Å². The Balaban J connectivity index is 0. The van der Waals surface area contributed by atoms with Crippen LogP contribution >= 0.6 is 12.4 Å². The summed E-state index contributed by atoms with van der Waals surface area (Å²) in [6.45, 7) is 2.24. The van der Waals surface area contributed by atoms with Crippen LogP contribution in [0, 0.1) is 0 Å². The Morgan fingerprint density at radius 2 is 1.40 bits per heavy atom. The molecule has 0 N–H and O–H groups in total. The van der Waals surface area contributed by atoms with Gasteiger partial charge in [0.25, 0.3) is 0 Å². The Kier molecular flexibility index (Phi) is 15.7. The van der Waals surface area contributed by atoms with E-state index >= 15 is 0 Å². The van der Waals surface area contributed by atoms with Gasteiger partial charge in [-0.05, 0) is 0 Å². The van der Waals surface area contributed by atoms with Crippen molar-refractivity contribution in [1.82, 2.24) is 0 Å². The van der Waals surface area contributed by atoms with Gasteiger partial charge in [0.1, 0.15) is 0 Å². The molecule has 0 saturated carbocycles. The third-order valence-corrected chi connectivity index (χ3v) is 1.56. The number of unbranched alkanes of at least 4 members (excludes halogenated alkanes) is 5. The van der Waals surface area contributed by atoms with Crippen molar-refractivity contribution in [2.45, 2.75) is 51.8 Å². The predicted octanol–water partition coefficient (Wildman–Crippen LogP) is 3.36. The van der Waals surface area contributed by atoms with E-state index in [4.69, 9.17) is 7.85 Å². The minimum absolute atomic E-state index is 0. The molecule has 0 aliphatic carbocycles. The van der Waals surface area contributed by atoms with Crippen molar-refractivity contribution < 1.29 is 0 Å². The average Bonchev–Trinajstić information content (AvgIpc) is 1.89. The monoisotopic (exact) mass is 160 g/mol. The topological polar surface area (TPSA) is 0 Å². The second kappa shape index (κ2) is 12.1. The molecule has 2 heteroatoms. The highest BCUT2D eigenvalue weighted by atomic mass is 35.5. The van der Waals surface area contributed by atoms with E-state index in [0.29, 0.717) is 0 Å². The van der Waals surface area contributed by atoms with E-state index in [1.807, 2.05) is 0 Å². The molecule has 10 heavy (non-hydrogen) atoms. The summed E-state index contributed by atoms with van der Waals surface area (Å²) < 4.78 is 0. The zero-order chi connectivity index (χ0) is 6.95. The fourth-order valence-corrected chi connectivity index (χ4v) is 0.925. The Hall–Kier alpha value is 0.355. The first kappa shape index (κ1) is 13.0. The molecular weight excluding hydrogens is 142 g/mol. The first-order chi connectivity index (χ1) is 4.41. The lowest BCUT2D eigenvalue weighted by Gasteiger charge is -1.96. The smallest absolute Gasteiger partial charge is 0.0653 e. The maximum Gasteiger partial charge on any atom is 0.0653 e. The number of rotatable bonds is 6. The molecule has 0 atom stereocenters. The van der Waals surface area contributed by atoms with Gasteiger partial charge in [-0.2, -0.15) is 0 Å². The SMILES string of the molecule is Cl.[B]CCCCCCCC. The molecule has 0 nitrogen and oxygen atoms in total. The van der Waals surface area contributed by atoms with Crippen LogP contribution in [0.15, 0.2) is 0 Å². The van der Waals surface area contributed by atoms with Gasteiger partial charge < -0.3 is 0 Å². The Labute approximate surface area is 72.6 Å². The van der Waals surface area contributed by atoms with Crippen LogP contribution in [0.4, 0.5) is 0 Å². The predicted molar refractivity (Wildman–Crippen MR) is 51.2 cm³/mol. The number of halogens is 1. The van der Waals surface area contributed by atoms with Gasteiger partial charge in [0, 0.05) is 0 Å². The van der Waals surface area contributed by atoms with Crippen molar-refractivity contribution in [2.75, 3.05) is 0 Å². The van der Waals surface area contributed by atoms with Crippen molar-refractivity contribution in [1.29, 1.82) is 0 Å². The van der Waals surface area contributed by atoms with Gasteiger partial charge in [-0.1, -0.05) is 51.8 Å². The van der Waals surface area contributed by atoms with Gasteiger partial charge in [0.2, 0.25) is 0 Å². The van der Waals surface area contributed by atoms with E-state index in [2.05, 4.69) is 6.92 Å². The standard InChI is InChI=1S/C8H17B.ClH/c1-2-3-4-5-6-7-8-9;/h2-8H2,1H3;1H. The first-order valence-electron chi connectivity index (χ1n) is 4.12. The third-order valence-electron chi connectivity index (χ3n) is 1.56. The Morgan fingerprint density at radius 3 is 1.90 bits per heavy atom. The summed E-state index contributed by atoms with van der Waals surface area (Å²) >= 11 is 0. The van der Waals surface area contributed by atoms with E-state index in [0.717, 1.165) is 6.32 Å². The molecule has 0 unspecified atom stereocenters. The maximum absolute atomic E-state index is 5.34.